The summed E-state index contributed by atoms with van der Waals surface area (Å²) in [7, 11) is 0. The molecule has 0 spiro atoms. The van der Waals surface area contributed by atoms with Crippen molar-refractivity contribution < 1.29 is 9.90 Å². The van der Waals surface area contributed by atoms with Gasteiger partial charge in [-0.3, -0.25) is 0 Å². The molecule has 2 N–H and O–H groups in total. The van der Waals surface area contributed by atoms with Crippen LogP contribution in [0.4, 0.5) is 11.4 Å². The van der Waals surface area contributed by atoms with Crippen LogP contribution in [-0.2, 0) is 0 Å². The third-order valence-electron chi connectivity index (χ3n) is 2.78. The van der Waals surface area contributed by atoms with Crippen LogP contribution in [0.5, 0.6) is 0 Å². The van der Waals surface area contributed by atoms with Crippen molar-refractivity contribution in [3.63, 3.8) is 0 Å². The van der Waals surface area contributed by atoms with Crippen molar-refractivity contribution in [1.82, 2.24) is 0 Å². The quantitative estimate of drug-likeness (QED) is 0.821. The average Bonchev–Trinajstić information content (AvgIpc) is 2.39. The fourth-order valence-corrected chi connectivity index (χ4v) is 2.39. The highest BCUT2D eigenvalue weighted by molar-refractivity contribution is 7.98. The van der Waals surface area contributed by atoms with Crippen molar-refractivity contribution in [3.8, 4) is 0 Å². The standard InChI is InChI=1S/C15H15NO2S/c1-10-7-8-11(15(17)18)13(9-10)16-12-5-3-4-6-14(12)19-2/h3-9,16H,1-2H3,(H,17,18). The van der Waals surface area contributed by atoms with Crippen LogP contribution in [0.25, 0.3) is 0 Å². The SMILES string of the molecule is CSc1ccccc1Nc1cc(C)ccc1C(=O)O. The highest BCUT2D eigenvalue weighted by Gasteiger charge is 2.11. The molecule has 19 heavy (non-hydrogen) atoms. The van der Waals surface area contributed by atoms with Gasteiger partial charge in [0.25, 0.3) is 0 Å². The van der Waals surface area contributed by atoms with Gasteiger partial charge in [0.1, 0.15) is 0 Å². The molecule has 0 amide bonds. The molecule has 4 heteroatoms. The molecule has 0 fully saturated rings. The number of hydrogen-bond acceptors (Lipinski definition) is 3. The Balaban J connectivity index is 2.42. The van der Waals surface area contributed by atoms with Gasteiger partial charge in [-0.05, 0) is 43.0 Å². The van der Waals surface area contributed by atoms with Crippen LogP contribution in [0, 0.1) is 6.92 Å². The van der Waals surface area contributed by atoms with Gasteiger partial charge in [0.05, 0.1) is 16.9 Å². The fourth-order valence-electron chi connectivity index (χ4n) is 1.84. The van der Waals surface area contributed by atoms with Crippen LogP contribution >= 0.6 is 11.8 Å². The molecule has 2 rings (SSSR count). The molecule has 0 heterocycles. The molecule has 2 aromatic carbocycles. The molecule has 0 unspecified atom stereocenters. The zero-order valence-corrected chi connectivity index (χ0v) is 11.6. The Hall–Kier alpha value is -1.94. The molecule has 0 aliphatic carbocycles. The maximum absolute atomic E-state index is 11.2. The summed E-state index contributed by atoms with van der Waals surface area (Å²) >= 11 is 1.62. The largest absolute Gasteiger partial charge is 0.478 e. The van der Waals surface area contributed by atoms with E-state index in [4.69, 9.17) is 0 Å². The van der Waals surface area contributed by atoms with Gasteiger partial charge in [-0.25, -0.2) is 4.79 Å². The van der Waals surface area contributed by atoms with Gasteiger partial charge in [0, 0.05) is 4.90 Å². The van der Waals surface area contributed by atoms with E-state index in [2.05, 4.69) is 5.32 Å². The van der Waals surface area contributed by atoms with Crippen LogP contribution in [0.2, 0.25) is 0 Å². The molecule has 0 aliphatic heterocycles. The van der Waals surface area contributed by atoms with E-state index in [1.54, 1.807) is 23.9 Å². The van der Waals surface area contributed by atoms with Crippen molar-refractivity contribution in [2.75, 3.05) is 11.6 Å². The fraction of sp³-hybridized carbons (Fsp3) is 0.133. The summed E-state index contributed by atoms with van der Waals surface area (Å²) in [4.78, 5) is 12.3. The number of thioether (sulfide) groups is 1. The lowest BCUT2D eigenvalue weighted by atomic mass is 10.1. The van der Waals surface area contributed by atoms with Gasteiger partial charge in [0.15, 0.2) is 0 Å². The first-order valence-electron chi connectivity index (χ1n) is 5.86. The van der Waals surface area contributed by atoms with Gasteiger partial charge in [-0.15, -0.1) is 11.8 Å². The molecule has 0 aliphatic rings. The maximum Gasteiger partial charge on any atom is 0.337 e. The first-order valence-corrected chi connectivity index (χ1v) is 7.08. The number of carboxylic acid groups (broad SMARTS) is 1. The Kier molecular flexibility index (Phi) is 4.12. The second-order valence-electron chi connectivity index (χ2n) is 4.18. The van der Waals surface area contributed by atoms with E-state index in [-0.39, 0.29) is 5.56 Å². The smallest absolute Gasteiger partial charge is 0.337 e. The highest BCUT2D eigenvalue weighted by Crippen LogP contribution is 2.29. The molecular weight excluding hydrogens is 258 g/mol. The number of hydrogen-bond donors (Lipinski definition) is 2. The average molecular weight is 273 g/mol. The monoisotopic (exact) mass is 273 g/mol. The second kappa shape index (κ2) is 5.80. The number of aryl methyl sites for hydroxylation is 1. The van der Waals surface area contributed by atoms with E-state index in [0.29, 0.717) is 5.69 Å². The predicted molar refractivity (Wildman–Crippen MR) is 79.6 cm³/mol. The molecule has 0 aromatic heterocycles. The molecular formula is C15H15NO2S. The van der Waals surface area contributed by atoms with E-state index in [1.807, 2.05) is 43.5 Å². The summed E-state index contributed by atoms with van der Waals surface area (Å²) in [5, 5.41) is 12.4. The Morgan fingerprint density at radius 1 is 1.16 bits per heavy atom. The van der Waals surface area contributed by atoms with Crippen molar-refractivity contribution >= 4 is 29.1 Å². The summed E-state index contributed by atoms with van der Waals surface area (Å²) in [6, 6.07) is 13.1. The molecule has 0 radical (unpaired) electrons. The van der Waals surface area contributed by atoms with E-state index < -0.39 is 5.97 Å². The zero-order valence-electron chi connectivity index (χ0n) is 10.8. The summed E-state index contributed by atoms with van der Waals surface area (Å²) in [5.74, 6) is -0.927. The summed E-state index contributed by atoms with van der Waals surface area (Å²) in [5.41, 5.74) is 2.84. The topological polar surface area (TPSA) is 49.3 Å². The van der Waals surface area contributed by atoms with Gasteiger partial charge >= 0.3 is 5.97 Å². The summed E-state index contributed by atoms with van der Waals surface area (Å²) < 4.78 is 0. The van der Waals surface area contributed by atoms with Gasteiger partial charge in [0.2, 0.25) is 0 Å². The Morgan fingerprint density at radius 2 is 1.89 bits per heavy atom. The highest BCUT2D eigenvalue weighted by atomic mass is 32.2. The van der Waals surface area contributed by atoms with Crippen LogP contribution < -0.4 is 5.32 Å². The number of para-hydroxylation sites is 1. The number of nitrogens with one attached hydrogen (secondary N) is 1. The molecule has 0 saturated heterocycles. The number of aromatic carboxylic acids is 1. The third kappa shape index (κ3) is 3.09. The Labute approximate surface area is 116 Å². The zero-order chi connectivity index (χ0) is 13.8. The number of carbonyl (C=O) groups is 1. The molecule has 3 nitrogen and oxygen atoms in total. The molecule has 0 saturated carbocycles. The van der Waals surface area contributed by atoms with Crippen LogP contribution in [0.3, 0.4) is 0 Å². The number of rotatable bonds is 4. The molecule has 0 atom stereocenters. The second-order valence-corrected chi connectivity index (χ2v) is 5.03. The first-order chi connectivity index (χ1) is 9.11. The lowest BCUT2D eigenvalue weighted by molar-refractivity contribution is 0.0698. The van der Waals surface area contributed by atoms with Crippen molar-refractivity contribution in [1.29, 1.82) is 0 Å². The predicted octanol–water partition coefficient (Wildman–Crippen LogP) is 4.16. The minimum absolute atomic E-state index is 0.279. The first kappa shape index (κ1) is 13.5. The molecule has 98 valence electrons. The Bertz CT molecular complexity index is 611. The van der Waals surface area contributed by atoms with E-state index in [0.717, 1.165) is 16.1 Å². The van der Waals surface area contributed by atoms with E-state index >= 15 is 0 Å². The van der Waals surface area contributed by atoms with Gasteiger partial charge < -0.3 is 10.4 Å². The third-order valence-corrected chi connectivity index (χ3v) is 3.58. The maximum atomic E-state index is 11.2. The normalized spacial score (nSPS) is 10.2. The number of benzene rings is 2. The minimum atomic E-state index is -0.927. The van der Waals surface area contributed by atoms with Crippen molar-refractivity contribution in [2.45, 2.75) is 11.8 Å². The Morgan fingerprint density at radius 3 is 2.58 bits per heavy atom. The minimum Gasteiger partial charge on any atom is -0.478 e. The van der Waals surface area contributed by atoms with Crippen LogP contribution in [0.15, 0.2) is 47.4 Å². The summed E-state index contributed by atoms with van der Waals surface area (Å²) in [6.45, 7) is 1.94. The van der Waals surface area contributed by atoms with Crippen molar-refractivity contribution in [3.05, 3.63) is 53.6 Å². The van der Waals surface area contributed by atoms with Crippen molar-refractivity contribution in [2.24, 2.45) is 0 Å². The summed E-state index contributed by atoms with van der Waals surface area (Å²) in [6.07, 6.45) is 1.99. The molecule has 2 aromatic rings. The lowest BCUT2D eigenvalue weighted by Gasteiger charge is -2.13. The number of anilines is 2. The van der Waals surface area contributed by atoms with Crippen LogP contribution in [-0.4, -0.2) is 17.3 Å². The number of carboxylic acids is 1. The van der Waals surface area contributed by atoms with Gasteiger partial charge in [-0.2, -0.15) is 0 Å². The van der Waals surface area contributed by atoms with Gasteiger partial charge in [-0.1, -0.05) is 18.2 Å². The van der Waals surface area contributed by atoms with E-state index in [9.17, 15) is 9.90 Å². The van der Waals surface area contributed by atoms with Crippen LogP contribution in [0.1, 0.15) is 15.9 Å². The molecule has 0 bridgehead atoms. The van der Waals surface area contributed by atoms with E-state index in [1.165, 1.54) is 0 Å². The lowest BCUT2D eigenvalue weighted by Crippen LogP contribution is -2.03.